The quantitative estimate of drug-likeness (QED) is 0.662. The molecule has 0 aliphatic heterocycles. The number of rotatable bonds is 6. The monoisotopic (exact) mass is 226 g/mol. The van der Waals surface area contributed by atoms with Crippen LogP contribution < -0.4 is 11.2 Å². The predicted molar refractivity (Wildman–Crippen MR) is 61.7 cm³/mol. The van der Waals surface area contributed by atoms with Crippen LogP contribution >= 0.6 is 0 Å². The zero-order valence-corrected chi connectivity index (χ0v) is 9.81. The van der Waals surface area contributed by atoms with Crippen LogP contribution in [0.3, 0.4) is 0 Å². The molecule has 0 aromatic carbocycles. The Kier molecular flexibility index (Phi) is 4.98. The molecule has 5 nitrogen and oxygen atoms in total. The molecular formula is C11H18N2O3. The molecule has 0 unspecified atom stereocenters. The summed E-state index contributed by atoms with van der Waals surface area (Å²) in [5.74, 6) is 0. The first kappa shape index (κ1) is 12.7. The zero-order valence-electron chi connectivity index (χ0n) is 9.81. The van der Waals surface area contributed by atoms with Crippen molar-refractivity contribution in [3.8, 4) is 0 Å². The third-order valence-corrected chi connectivity index (χ3v) is 2.29. The van der Waals surface area contributed by atoms with Gasteiger partial charge in [0.15, 0.2) is 0 Å². The van der Waals surface area contributed by atoms with Crippen molar-refractivity contribution in [1.82, 2.24) is 9.13 Å². The molecule has 0 aliphatic rings. The molecule has 0 radical (unpaired) electrons. The van der Waals surface area contributed by atoms with E-state index in [1.165, 1.54) is 21.4 Å². The second-order valence-corrected chi connectivity index (χ2v) is 3.49. The van der Waals surface area contributed by atoms with Gasteiger partial charge in [0, 0.05) is 25.4 Å². The summed E-state index contributed by atoms with van der Waals surface area (Å²) >= 11 is 0. The van der Waals surface area contributed by atoms with Gasteiger partial charge in [-0.25, -0.2) is 4.79 Å². The van der Waals surface area contributed by atoms with E-state index in [0.29, 0.717) is 26.3 Å². The van der Waals surface area contributed by atoms with Gasteiger partial charge in [0.2, 0.25) is 0 Å². The highest BCUT2D eigenvalue weighted by atomic mass is 16.5. The third-order valence-electron chi connectivity index (χ3n) is 2.29. The van der Waals surface area contributed by atoms with Crippen LogP contribution in [0.25, 0.3) is 0 Å². The summed E-state index contributed by atoms with van der Waals surface area (Å²) in [6, 6.07) is 1.41. The van der Waals surface area contributed by atoms with Crippen molar-refractivity contribution in [2.75, 3.05) is 13.2 Å². The van der Waals surface area contributed by atoms with Crippen LogP contribution in [0, 0.1) is 0 Å². The molecule has 0 amide bonds. The van der Waals surface area contributed by atoms with Gasteiger partial charge in [0.25, 0.3) is 5.56 Å². The van der Waals surface area contributed by atoms with Crippen molar-refractivity contribution in [2.24, 2.45) is 0 Å². The van der Waals surface area contributed by atoms with Crippen LogP contribution in [0.4, 0.5) is 0 Å². The highest BCUT2D eigenvalue weighted by Crippen LogP contribution is 1.83. The number of ether oxygens (including phenoxy) is 1. The van der Waals surface area contributed by atoms with E-state index in [-0.39, 0.29) is 11.2 Å². The molecule has 0 saturated heterocycles. The molecule has 1 heterocycles. The molecule has 0 aliphatic carbocycles. The van der Waals surface area contributed by atoms with Crippen molar-refractivity contribution in [3.05, 3.63) is 33.1 Å². The van der Waals surface area contributed by atoms with E-state index in [0.717, 1.165) is 6.42 Å². The molecule has 16 heavy (non-hydrogen) atoms. The lowest BCUT2D eigenvalue weighted by molar-refractivity contribution is 0.125. The first-order valence-corrected chi connectivity index (χ1v) is 5.58. The van der Waals surface area contributed by atoms with E-state index in [2.05, 4.69) is 0 Å². The Morgan fingerprint density at radius 1 is 1.25 bits per heavy atom. The molecule has 1 aromatic heterocycles. The maximum absolute atomic E-state index is 11.8. The Hall–Kier alpha value is -1.36. The first-order valence-electron chi connectivity index (χ1n) is 5.58. The van der Waals surface area contributed by atoms with Gasteiger partial charge in [-0.2, -0.15) is 0 Å². The number of hydrogen-bond donors (Lipinski definition) is 0. The number of aryl methyl sites for hydroxylation is 1. The predicted octanol–water partition coefficient (Wildman–Crippen LogP) is 0.456. The van der Waals surface area contributed by atoms with Crippen LogP contribution in [0.1, 0.15) is 20.3 Å². The van der Waals surface area contributed by atoms with Crippen LogP contribution in [-0.4, -0.2) is 22.3 Å². The minimum atomic E-state index is -0.269. The second kappa shape index (κ2) is 6.27. The molecule has 5 heteroatoms. The molecule has 0 bridgehead atoms. The second-order valence-electron chi connectivity index (χ2n) is 3.49. The number of hydrogen-bond acceptors (Lipinski definition) is 3. The Morgan fingerprint density at radius 2 is 2.00 bits per heavy atom. The summed E-state index contributed by atoms with van der Waals surface area (Å²) < 4.78 is 7.97. The summed E-state index contributed by atoms with van der Waals surface area (Å²) in [5.41, 5.74) is -0.537. The van der Waals surface area contributed by atoms with Crippen LogP contribution in [-0.2, 0) is 17.8 Å². The van der Waals surface area contributed by atoms with Gasteiger partial charge >= 0.3 is 5.69 Å². The lowest BCUT2D eigenvalue weighted by atomic mass is 10.5. The molecule has 0 atom stereocenters. The maximum atomic E-state index is 11.8. The van der Waals surface area contributed by atoms with Gasteiger partial charge in [-0.3, -0.25) is 9.36 Å². The molecule has 0 saturated carbocycles. The first-order chi connectivity index (χ1) is 7.70. The summed E-state index contributed by atoms with van der Waals surface area (Å²) in [5, 5.41) is 0. The SMILES string of the molecule is CCCOCCn1c(=O)ccn(CC)c1=O. The van der Waals surface area contributed by atoms with Gasteiger partial charge < -0.3 is 9.30 Å². The highest BCUT2D eigenvalue weighted by Gasteiger charge is 2.03. The van der Waals surface area contributed by atoms with Gasteiger partial charge in [-0.15, -0.1) is 0 Å². The maximum Gasteiger partial charge on any atom is 0.331 e. The molecule has 1 aromatic rings. The molecular weight excluding hydrogens is 208 g/mol. The standard InChI is InChI=1S/C11H18N2O3/c1-3-8-16-9-7-13-10(14)5-6-12(4-2)11(13)15/h5-6H,3-4,7-9H2,1-2H3. The lowest BCUT2D eigenvalue weighted by Gasteiger charge is -2.08. The summed E-state index contributed by atoms with van der Waals surface area (Å²) in [4.78, 5) is 23.2. The highest BCUT2D eigenvalue weighted by molar-refractivity contribution is 4.86. The van der Waals surface area contributed by atoms with E-state index in [9.17, 15) is 9.59 Å². The van der Waals surface area contributed by atoms with Crippen LogP contribution in [0.5, 0.6) is 0 Å². The summed E-state index contributed by atoms with van der Waals surface area (Å²) in [6.45, 7) is 5.82. The van der Waals surface area contributed by atoms with E-state index in [1.807, 2.05) is 13.8 Å². The Labute approximate surface area is 94.3 Å². The van der Waals surface area contributed by atoms with Gasteiger partial charge in [-0.1, -0.05) is 6.92 Å². The van der Waals surface area contributed by atoms with Crippen molar-refractivity contribution in [3.63, 3.8) is 0 Å². The summed E-state index contributed by atoms with van der Waals surface area (Å²) in [7, 11) is 0. The molecule has 90 valence electrons. The van der Waals surface area contributed by atoms with Crippen molar-refractivity contribution >= 4 is 0 Å². The average molecular weight is 226 g/mol. The van der Waals surface area contributed by atoms with E-state index < -0.39 is 0 Å². The average Bonchev–Trinajstić information content (AvgIpc) is 2.28. The van der Waals surface area contributed by atoms with Crippen molar-refractivity contribution < 1.29 is 4.74 Å². The minimum Gasteiger partial charge on any atom is -0.380 e. The fraction of sp³-hybridized carbons (Fsp3) is 0.636. The van der Waals surface area contributed by atoms with Gasteiger partial charge in [-0.05, 0) is 13.3 Å². The minimum absolute atomic E-state index is 0.268. The summed E-state index contributed by atoms with van der Waals surface area (Å²) in [6.07, 6.45) is 2.46. The topological polar surface area (TPSA) is 53.2 Å². The molecule has 1 rings (SSSR count). The number of nitrogens with zero attached hydrogens (tertiary/aromatic N) is 2. The largest absolute Gasteiger partial charge is 0.380 e. The smallest absolute Gasteiger partial charge is 0.331 e. The van der Waals surface area contributed by atoms with Crippen molar-refractivity contribution in [1.29, 1.82) is 0 Å². The molecule has 0 fully saturated rings. The van der Waals surface area contributed by atoms with E-state index in [4.69, 9.17) is 4.74 Å². The lowest BCUT2D eigenvalue weighted by Crippen LogP contribution is -2.39. The zero-order chi connectivity index (χ0) is 12.0. The normalized spacial score (nSPS) is 10.6. The molecule has 0 N–H and O–H groups in total. The number of aromatic nitrogens is 2. The van der Waals surface area contributed by atoms with Gasteiger partial charge in [0.1, 0.15) is 0 Å². The fourth-order valence-electron chi connectivity index (χ4n) is 1.41. The van der Waals surface area contributed by atoms with Crippen molar-refractivity contribution in [2.45, 2.75) is 33.4 Å². The molecule has 0 spiro atoms. The Balaban J connectivity index is 2.78. The Bertz CT molecular complexity index is 434. The van der Waals surface area contributed by atoms with E-state index in [1.54, 1.807) is 0 Å². The van der Waals surface area contributed by atoms with Crippen LogP contribution in [0.2, 0.25) is 0 Å². The van der Waals surface area contributed by atoms with Crippen LogP contribution in [0.15, 0.2) is 21.9 Å². The van der Waals surface area contributed by atoms with Gasteiger partial charge in [0.05, 0.1) is 13.2 Å². The Morgan fingerprint density at radius 3 is 2.62 bits per heavy atom. The fourth-order valence-corrected chi connectivity index (χ4v) is 1.41. The van der Waals surface area contributed by atoms with E-state index >= 15 is 0 Å². The third kappa shape index (κ3) is 3.06.